The van der Waals surface area contributed by atoms with Crippen molar-refractivity contribution >= 4 is 12.3 Å². The topological polar surface area (TPSA) is 72.2 Å². The fourth-order valence-corrected chi connectivity index (χ4v) is 0.838. The lowest BCUT2D eigenvalue weighted by atomic mass is 10.1. The SMILES string of the molecule is CCCC(NC=O)=C(C)C(N)=O. The minimum atomic E-state index is -0.493. The van der Waals surface area contributed by atoms with Crippen molar-refractivity contribution < 1.29 is 9.59 Å². The molecule has 0 spiro atoms. The van der Waals surface area contributed by atoms with Gasteiger partial charge in [-0.1, -0.05) is 13.3 Å². The predicted octanol–water partition coefficient (Wildman–Crippen LogP) is 0.292. The molecule has 0 aliphatic heterocycles. The summed E-state index contributed by atoms with van der Waals surface area (Å²) in [6, 6.07) is 0. The number of amides is 2. The van der Waals surface area contributed by atoms with Gasteiger partial charge in [0.25, 0.3) is 0 Å². The average Bonchev–Trinajstić information content (AvgIpc) is 2.03. The first-order chi connectivity index (χ1) is 5.63. The van der Waals surface area contributed by atoms with E-state index in [-0.39, 0.29) is 0 Å². The normalized spacial score (nSPS) is 11.8. The third-order valence-corrected chi connectivity index (χ3v) is 1.56. The third kappa shape index (κ3) is 3.18. The maximum atomic E-state index is 10.7. The van der Waals surface area contributed by atoms with Crippen LogP contribution in [0.15, 0.2) is 11.3 Å². The first-order valence-corrected chi connectivity index (χ1v) is 3.83. The summed E-state index contributed by atoms with van der Waals surface area (Å²) in [4.78, 5) is 20.8. The maximum absolute atomic E-state index is 10.7. The largest absolute Gasteiger partial charge is 0.366 e. The van der Waals surface area contributed by atoms with Crippen LogP contribution in [0.4, 0.5) is 0 Å². The summed E-state index contributed by atoms with van der Waals surface area (Å²) in [6.07, 6.45) is 2.08. The van der Waals surface area contributed by atoms with Crippen molar-refractivity contribution in [3.63, 3.8) is 0 Å². The highest BCUT2D eigenvalue weighted by Gasteiger charge is 2.05. The molecule has 0 aliphatic carbocycles. The van der Waals surface area contributed by atoms with Crippen molar-refractivity contribution in [2.45, 2.75) is 26.7 Å². The zero-order chi connectivity index (χ0) is 9.56. The second-order valence-electron chi connectivity index (χ2n) is 2.48. The Morgan fingerprint density at radius 3 is 2.50 bits per heavy atom. The molecule has 0 atom stereocenters. The number of hydrogen-bond acceptors (Lipinski definition) is 2. The molecule has 0 heterocycles. The predicted molar refractivity (Wildman–Crippen MR) is 46.0 cm³/mol. The lowest BCUT2D eigenvalue weighted by Gasteiger charge is -2.06. The standard InChI is InChI=1S/C8H14N2O2/c1-3-4-7(10-5-11)6(2)8(9)12/h5H,3-4H2,1-2H3,(H2,9,12)(H,10,11). The Morgan fingerprint density at radius 1 is 1.58 bits per heavy atom. The molecule has 4 nitrogen and oxygen atoms in total. The van der Waals surface area contributed by atoms with Gasteiger partial charge in [-0.2, -0.15) is 0 Å². The number of hydrogen-bond donors (Lipinski definition) is 2. The summed E-state index contributed by atoms with van der Waals surface area (Å²) in [5.74, 6) is -0.493. The number of rotatable bonds is 5. The molecule has 0 saturated carbocycles. The number of primary amides is 1. The second-order valence-corrected chi connectivity index (χ2v) is 2.48. The van der Waals surface area contributed by atoms with Crippen molar-refractivity contribution in [2.75, 3.05) is 0 Å². The summed E-state index contributed by atoms with van der Waals surface area (Å²) in [5.41, 5.74) is 6.08. The van der Waals surface area contributed by atoms with Crippen molar-refractivity contribution in [2.24, 2.45) is 5.73 Å². The van der Waals surface area contributed by atoms with E-state index in [1.807, 2.05) is 6.92 Å². The molecule has 68 valence electrons. The van der Waals surface area contributed by atoms with Crippen molar-refractivity contribution in [3.8, 4) is 0 Å². The molecule has 0 aliphatic rings. The zero-order valence-electron chi connectivity index (χ0n) is 7.39. The molecule has 3 N–H and O–H groups in total. The summed E-state index contributed by atoms with van der Waals surface area (Å²) in [6.45, 7) is 3.56. The Kier molecular flexibility index (Phi) is 4.76. The average molecular weight is 170 g/mol. The van der Waals surface area contributed by atoms with Gasteiger partial charge in [0, 0.05) is 11.3 Å². The Morgan fingerprint density at radius 2 is 2.17 bits per heavy atom. The van der Waals surface area contributed by atoms with E-state index in [0.29, 0.717) is 24.1 Å². The van der Waals surface area contributed by atoms with Gasteiger partial charge >= 0.3 is 0 Å². The van der Waals surface area contributed by atoms with Crippen LogP contribution < -0.4 is 11.1 Å². The number of nitrogens with one attached hydrogen (secondary N) is 1. The van der Waals surface area contributed by atoms with E-state index in [4.69, 9.17) is 5.73 Å². The van der Waals surface area contributed by atoms with E-state index < -0.39 is 5.91 Å². The Bertz CT molecular complexity index is 209. The van der Waals surface area contributed by atoms with Gasteiger partial charge in [0.15, 0.2) is 0 Å². The van der Waals surface area contributed by atoms with Crippen LogP contribution in [0.25, 0.3) is 0 Å². The van der Waals surface area contributed by atoms with E-state index in [2.05, 4.69) is 5.32 Å². The highest BCUT2D eigenvalue weighted by molar-refractivity contribution is 5.92. The highest BCUT2D eigenvalue weighted by atomic mass is 16.1. The molecule has 2 amide bonds. The molecule has 0 radical (unpaired) electrons. The number of carbonyl (C=O) groups excluding carboxylic acids is 2. The molecule has 0 unspecified atom stereocenters. The van der Waals surface area contributed by atoms with Crippen molar-refractivity contribution in [1.29, 1.82) is 0 Å². The van der Waals surface area contributed by atoms with Crippen molar-refractivity contribution in [1.82, 2.24) is 5.32 Å². The molecule has 0 aromatic heterocycles. The summed E-state index contributed by atoms with van der Waals surface area (Å²) >= 11 is 0. The van der Waals surface area contributed by atoms with Gasteiger partial charge in [0.2, 0.25) is 12.3 Å². The molecule has 0 fully saturated rings. The number of carbonyl (C=O) groups is 2. The minimum absolute atomic E-state index is 0.420. The zero-order valence-corrected chi connectivity index (χ0v) is 7.39. The molecule has 12 heavy (non-hydrogen) atoms. The van der Waals surface area contributed by atoms with E-state index in [1.54, 1.807) is 6.92 Å². The van der Waals surface area contributed by atoms with Crippen LogP contribution in [-0.4, -0.2) is 12.3 Å². The van der Waals surface area contributed by atoms with Gasteiger partial charge in [-0.3, -0.25) is 9.59 Å². The smallest absolute Gasteiger partial charge is 0.246 e. The molecule has 0 rings (SSSR count). The van der Waals surface area contributed by atoms with Gasteiger partial charge in [-0.05, 0) is 13.3 Å². The second kappa shape index (κ2) is 5.35. The quantitative estimate of drug-likeness (QED) is 0.460. The molecular weight excluding hydrogens is 156 g/mol. The molecular formula is C8H14N2O2. The minimum Gasteiger partial charge on any atom is -0.366 e. The van der Waals surface area contributed by atoms with Crippen LogP contribution in [0.3, 0.4) is 0 Å². The lowest BCUT2D eigenvalue weighted by Crippen LogP contribution is -2.20. The van der Waals surface area contributed by atoms with Crippen LogP contribution in [-0.2, 0) is 9.59 Å². The Hall–Kier alpha value is -1.32. The van der Waals surface area contributed by atoms with Gasteiger partial charge < -0.3 is 11.1 Å². The van der Waals surface area contributed by atoms with Gasteiger partial charge in [-0.25, -0.2) is 0 Å². The van der Waals surface area contributed by atoms with Crippen LogP contribution in [0.1, 0.15) is 26.7 Å². The van der Waals surface area contributed by atoms with Crippen molar-refractivity contribution in [3.05, 3.63) is 11.3 Å². The lowest BCUT2D eigenvalue weighted by molar-refractivity contribution is -0.114. The first kappa shape index (κ1) is 10.7. The van der Waals surface area contributed by atoms with Gasteiger partial charge in [-0.15, -0.1) is 0 Å². The molecule has 0 aromatic carbocycles. The van der Waals surface area contributed by atoms with Crippen LogP contribution in [0, 0.1) is 0 Å². The highest BCUT2D eigenvalue weighted by Crippen LogP contribution is 2.06. The monoisotopic (exact) mass is 170 g/mol. The Labute approximate surface area is 71.8 Å². The number of nitrogens with two attached hydrogens (primary N) is 1. The van der Waals surface area contributed by atoms with Gasteiger partial charge in [0.1, 0.15) is 0 Å². The fourth-order valence-electron chi connectivity index (χ4n) is 0.838. The fraction of sp³-hybridized carbons (Fsp3) is 0.500. The molecule has 0 aromatic rings. The Balaban J connectivity index is 4.53. The van der Waals surface area contributed by atoms with Crippen LogP contribution in [0.2, 0.25) is 0 Å². The van der Waals surface area contributed by atoms with E-state index in [0.717, 1.165) is 6.42 Å². The van der Waals surface area contributed by atoms with Crippen LogP contribution >= 0.6 is 0 Å². The molecule has 0 saturated heterocycles. The van der Waals surface area contributed by atoms with E-state index in [1.165, 1.54) is 0 Å². The van der Waals surface area contributed by atoms with E-state index >= 15 is 0 Å². The number of allylic oxidation sites excluding steroid dienone is 1. The molecule has 0 bridgehead atoms. The van der Waals surface area contributed by atoms with Gasteiger partial charge in [0.05, 0.1) is 0 Å². The third-order valence-electron chi connectivity index (χ3n) is 1.56. The summed E-state index contributed by atoms with van der Waals surface area (Å²) in [5, 5.41) is 2.46. The maximum Gasteiger partial charge on any atom is 0.246 e. The van der Waals surface area contributed by atoms with E-state index in [9.17, 15) is 9.59 Å². The first-order valence-electron chi connectivity index (χ1n) is 3.83. The van der Waals surface area contributed by atoms with Crippen LogP contribution in [0.5, 0.6) is 0 Å². The summed E-state index contributed by atoms with van der Waals surface area (Å²) < 4.78 is 0. The molecule has 4 heteroatoms. The summed E-state index contributed by atoms with van der Waals surface area (Å²) in [7, 11) is 0.